The molecule has 1 aromatic carbocycles. The Kier molecular flexibility index (Phi) is 4.55. The molecule has 1 aliphatic heterocycles. The lowest BCUT2D eigenvalue weighted by Gasteiger charge is -2.17. The fourth-order valence-corrected chi connectivity index (χ4v) is 2.31. The normalized spacial score (nSPS) is 22.1. The van der Waals surface area contributed by atoms with Crippen LogP contribution in [0.2, 0.25) is 0 Å². The van der Waals surface area contributed by atoms with Crippen LogP contribution in [0.4, 0.5) is 4.39 Å². The highest BCUT2D eigenvalue weighted by Crippen LogP contribution is 2.20. The van der Waals surface area contributed by atoms with E-state index in [1.54, 1.807) is 18.2 Å². The molecule has 1 N–H and O–H groups in total. The minimum Gasteiger partial charge on any atom is -0.489 e. The van der Waals surface area contributed by atoms with Gasteiger partial charge in [0.25, 0.3) is 0 Å². The molecule has 0 aliphatic carbocycles. The number of aliphatic hydroxyl groups is 1. The summed E-state index contributed by atoms with van der Waals surface area (Å²) in [7, 11) is 0. The lowest BCUT2D eigenvalue weighted by atomic mass is 10.0. The van der Waals surface area contributed by atoms with E-state index >= 15 is 0 Å². The summed E-state index contributed by atoms with van der Waals surface area (Å²) in [6, 6.07) is 6.44. The van der Waals surface area contributed by atoms with E-state index in [4.69, 9.17) is 4.74 Å². The van der Waals surface area contributed by atoms with Gasteiger partial charge in [0, 0.05) is 13.1 Å². The maximum Gasteiger partial charge on any atom is 0.165 e. The summed E-state index contributed by atoms with van der Waals surface area (Å²) in [5.74, 6) is 0.350. The van der Waals surface area contributed by atoms with Gasteiger partial charge in [-0.25, -0.2) is 4.39 Å². The predicted molar refractivity (Wildman–Crippen MR) is 68.1 cm³/mol. The topological polar surface area (TPSA) is 32.7 Å². The molecule has 0 spiro atoms. The van der Waals surface area contributed by atoms with Gasteiger partial charge in [-0.15, -0.1) is 0 Å². The van der Waals surface area contributed by atoms with Crippen LogP contribution >= 0.6 is 0 Å². The summed E-state index contributed by atoms with van der Waals surface area (Å²) in [6.45, 7) is 4.98. The molecular formula is C14H20FNO2. The van der Waals surface area contributed by atoms with E-state index in [-0.39, 0.29) is 11.9 Å². The second-order valence-electron chi connectivity index (χ2n) is 4.87. The second-order valence-corrected chi connectivity index (χ2v) is 4.87. The van der Waals surface area contributed by atoms with Crippen LogP contribution in [0.3, 0.4) is 0 Å². The molecule has 3 nitrogen and oxygen atoms in total. The zero-order valence-corrected chi connectivity index (χ0v) is 10.7. The number of rotatable bonds is 5. The fourth-order valence-electron chi connectivity index (χ4n) is 2.31. The van der Waals surface area contributed by atoms with Gasteiger partial charge < -0.3 is 9.84 Å². The molecule has 0 aromatic heterocycles. The lowest BCUT2D eigenvalue weighted by molar-refractivity contribution is 0.125. The van der Waals surface area contributed by atoms with E-state index in [1.165, 1.54) is 6.07 Å². The van der Waals surface area contributed by atoms with E-state index in [1.807, 2.05) is 6.92 Å². The molecule has 2 atom stereocenters. The van der Waals surface area contributed by atoms with Crippen molar-refractivity contribution < 1.29 is 14.2 Å². The predicted octanol–water partition coefficient (Wildman–Crippen LogP) is 1.91. The maximum absolute atomic E-state index is 13.3. The van der Waals surface area contributed by atoms with Crippen LogP contribution in [0.25, 0.3) is 0 Å². The minimum atomic E-state index is -0.319. The van der Waals surface area contributed by atoms with Crippen LogP contribution in [0.5, 0.6) is 5.75 Å². The minimum absolute atomic E-state index is 0.248. The van der Waals surface area contributed by atoms with Gasteiger partial charge in [0.2, 0.25) is 0 Å². The number of halogens is 1. The van der Waals surface area contributed by atoms with Crippen molar-refractivity contribution in [3.63, 3.8) is 0 Å². The molecule has 2 rings (SSSR count). The highest BCUT2D eigenvalue weighted by atomic mass is 19.1. The van der Waals surface area contributed by atoms with E-state index in [0.717, 1.165) is 26.1 Å². The fraction of sp³-hybridized carbons (Fsp3) is 0.571. The van der Waals surface area contributed by atoms with Gasteiger partial charge in [0.15, 0.2) is 11.6 Å². The van der Waals surface area contributed by atoms with Crippen LogP contribution in [-0.4, -0.2) is 42.4 Å². The third-order valence-corrected chi connectivity index (χ3v) is 3.49. The molecule has 0 radical (unpaired) electrons. The highest BCUT2D eigenvalue weighted by molar-refractivity contribution is 5.23. The Morgan fingerprint density at radius 2 is 2.28 bits per heavy atom. The van der Waals surface area contributed by atoms with Crippen LogP contribution in [0.1, 0.15) is 13.3 Å². The van der Waals surface area contributed by atoms with Gasteiger partial charge in [-0.2, -0.15) is 0 Å². The summed E-state index contributed by atoms with van der Waals surface area (Å²) in [5, 5.41) is 9.50. The number of likely N-dealkylation sites (tertiary alicyclic amines) is 1. The maximum atomic E-state index is 13.3. The molecule has 1 aromatic rings. The number of hydrogen-bond acceptors (Lipinski definition) is 3. The van der Waals surface area contributed by atoms with Gasteiger partial charge in [0.05, 0.1) is 6.10 Å². The first-order chi connectivity index (χ1) is 8.66. The summed E-state index contributed by atoms with van der Waals surface area (Å²) in [6.07, 6.45) is 0.777. The van der Waals surface area contributed by atoms with E-state index < -0.39 is 0 Å². The number of benzene rings is 1. The Morgan fingerprint density at radius 1 is 1.50 bits per heavy atom. The summed E-state index contributed by atoms with van der Waals surface area (Å²) >= 11 is 0. The van der Waals surface area contributed by atoms with Crippen molar-refractivity contribution in [1.29, 1.82) is 0 Å². The van der Waals surface area contributed by atoms with Crippen LogP contribution in [0, 0.1) is 11.7 Å². The van der Waals surface area contributed by atoms with Crippen LogP contribution < -0.4 is 4.74 Å². The first kappa shape index (κ1) is 13.3. The Bertz CT molecular complexity index is 384. The molecule has 1 aliphatic rings. The quantitative estimate of drug-likeness (QED) is 0.870. The number of aliphatic hydroxyl groups excluding tert-OH is 1. The number of para-hydroxylation sites is 1. The van der Waals surface area contributed by atoms with Gasteiger partial charge in [0.1, 0.15) is 6.61 Å². The third-order valence-electron chi connectivity index (χ3n) is 3.49. The molecule has 100 valence electrons. The smallest absolute Gasteiger partial charge is 0.165 e. The Morgan fingerprint density at radius 3 is 2.94 bits per heavy atom. The molecule has 1 saturated heterocycles. The van der Waals surface area contributed by atoms with Crippen molar-refractivity contribution in [3.05, 3.63) is 30.1 Å². The average Bonchev–Trinajstić information content (AvgIpc) is 2.80. The van der Waals surface area contributed by atoms with Crippen molar-refractivity contribution in [2.45, 2.75) is 19.4 Å². The van der Waals surface area contributed by atoms with Crippen molar-refractivity contribution in [3.8, 4) is 5.75 Å². The van der Waals surface area contributed by atoms with Gasteiger partial charge in [-0.05, 0) is 37.9 Å². The van der Waals surface area contributed by atoms with E-state index in [2.05, 4.69) is 4.90 Å². The van der Waals surface area contributed by atoms with Crippen LogP contribution in [0.15, 0.2) is 24.3 Å². The number of ether oxygens (including phenoxy) is 1. The summed E-state index contributed by atoms with van der Waals surface area (Å²) < 4.78 is 18.7. The first-order valence-electron chi connectivity index (χ1n) is 6.44. The van der Waals surface area contributed by atoms with Gasteiger partial charge in [-0.3, -0.25) is 4.90 Å². The molecular weight excluding hydrogens is 233 g/mol. The van der Waals surface area contributed by atoms with Crippen molar-refractivity contribution in [1.82, 2.24) is 4.90 Å². The van der Waals surface area contributed by atoms with Gasteiger partial charge >= 0.3 is 0 Å². The summed E-state index contributed by atoms with van der Waals surface area (Å²) in [5.41, 5.74) is 0. The number of hydrogen-bond donors (Lipinski definition) is 1. The standard InChI is InChI=1S/C14H20FNO2/c1-11(17)12-6-7-16(10-12)8-9-18-14-5-3-2-4-13(14)15/h2-5,11-12,17H,6-10H2,1H3. The first-order valence-corrected chi connectivity index (χ1v) is 6.44. The summed E-state index contributed by atoms with van der Waals surface area (Å²) in [4.78, 5) is 2.25. The molecule has 1 fully saturated rings. The van der Waals surface area contributed by atoms with Crippen molar-refractivity contribution >= 4 is 0 Å². The third kappa shape index (κ3) is 3.43. The lowest BCUT2D eigenvalue weighted by Crippen LogP contribution is -2.28. The zero-order valence-electron chi connectivity index (χ0n) is 10.7. The molecule has 18 heavy (non-hydrogen) atoms. The highest BCUT2D eigenvalue weighted by Gasteiger charge is 2.25. The molecule has 0 bridgehead atoms. The molecule has 1 heterocycles. The zero-order chi connectivity index (χ0) is 13.0. The number of nitrogens with zero attached hydrogens (tertiary/aromatic N) is 1. The van der Waals surface area contributed by atoms with E-state index in [9.17, 15) is 9.50 Å². The molecule has 0 amide bonds. The SMILES string of the molecule is CC(O)C1CCN(CCOc2ccccc2F)C1. The Hall–Kier alpha value is -1.13. The van der Waals surface area contributed by atoms with Crippen molar-refractivity contribution in [2.75, 3.05) is 26.2 Å². The van der Waals surface area contributed by atoms with Gasteiger partial charge in [-0.1, -0.05) is 12.1 Å². The molecule has 0 saturated carbocycles. The monoisotopic (exact) mass is 253 g/mol. The Balaban J connectivity index is 1.72. The Labute approximate surface area is 107 Å². The average molecular weight is 253 g/mol. The van der Waals surface area contributed by atoms with Crippen molar-refractivity contribution in [2.24, 2.45) is 5.92 Å². The molecule has 2 unspecified atom stereocenters. The van der Waals surface area contributed by atoms with E-state index in [0.29, 0.717) is 18.3 Å². The largest absolute Gasteiger partial charge is 0.489 e. The molecule has 4 heteroatoms. The van der Waals surface area contributed by atoms with Crippen LogP contribution in [-0.2, 0) is 0 Å². The second kappa shape index (κ2) is 6.16.